The smallest absolute Gasteiger partial charge is 0.191 e. The zero-order chi connectivity index (χ0) is 17.1. The van der Waals surface area contributed by atoms with Crippen LogP contribution in [0.15, 0.2) is 23.2 Å². The predicted octanol–water partition coefficient (Wildman–Crippen LogP) is 3.76. The molecular weight excluding hydrogens is 306 g/mol. The number of nitrogens with zero attached hydrogens (tertiary/aromatic N) is 1. The number of aliphatic imine (C=N–C) groups is 1. The van der Waals surface area contributed by atoms with Crippen LogP contribution in [0.5, 0.6) is 5.75 Å². The molecule has 1 atom stereocenters. The number of ether oxygens (including phenoxy) is 1. The van der Waals surface area contributed by atoms with Crippen molar-refractivity contribution in [3.63, 3.8) is 0 Å². The van der Waals surface area contributed by atoms with Gasteiger partial charge in [-0.05, 0) is 51.7 Å². The topological polar surface area (TPSA) is 45.7 Å². The molecule has 0 heterocycles. The standard InChI is InChI=1S/C18H31N3OS/c1-6-19-18(20-11-7-8-12-23-5)21-15(3)16-13-14(2)9-10-17(16)22-4/h9-10,13,15H,6-8,11-12H2,1-5H3,(H2,19,20,21). The first-order valence-corrected chi connectivity index (χ1v) is 9.70. The van der Waals surface area contributed by atoms with Crippen molar-refractivity contribution in [2.75, 3.05) is 32.2 Å². The maximum absolute atomic E-state index is 5.49. The Balaban J connectivity index is 2.71. The summed E-state index contributed by atoms with van der Waals surface area (Å²) in [6, 6.07) is 6.39. The molecule has 2 N–H and O–H groups in total. The number of thioether (sulfide) groups is 1. The van der Waals surface area contributed by atoms with Gasteiger partial charge in [0.05, 0.1) is 13.2 Å². The van der Waals surface area contributed by atoms with Crippen LogP contribution in [-0.4, -0.2) is 38.2 Å². The summed E-state index contributed by atoms with van der Waals surface area (Å²) in [4.78, 5) is 4.67. The average Bonchev–Trinajstić information content (AvgIpc) is 2.54. The first-order chi connectivity index (χ1) is 11.1. The van der Waals surface area contributed by atoms with E-state index in [9.17, 15) is 0 Å². The fourth-order valence-corrected chi connectivity index (χ4v) is 2.84. The molecule has 0 bridgehead atoms. The van der Waals surface area contributed by atoms with E-state index in [2.05, 4.69) is 54.8 Å². The summed E-state index contributed by atoms with van der Waals surface area (Å²) in [5.74, 6) is 2.98. The molecule has 0 fully saturated rings. The number of guanidine groups is 1. The minimum atomic E-state index is 0.133. The highest BCUT2D eigenvalue weighted by Gasteiger charge is 2.13. The third kappa shape index (κ3) is 7.16. The van der Waals surface area contributed by atoms with Gasteiger partial charge in [0.25, 0.3) is 0 Å². The largest absolute Gasteiger partial charge is 0.496 e. The highest BCUT2D eigenvalue weighted by molar-refractivity contribution is 7.98. The molecule has 130 valence electrons. The Morgan fingerprint density at radius 1 is 1.35 bits per heavy atom. The molecule has 0 saturated carbocycles. The molecule has 0 aliphatic carbocycles. The summed E-state index contributed by atoms with van der Waals surface area (Å²) in [5.41, 5.74) is 2.38. The van der Waals surface area contributed by atoms with Gasteiger partial charge < -0.3 is 15.4 Å². The number of hydrogen-bond acceptors (Lipinski definition) is 3. The van der Waals surface area contributed by atoms with Crippen LogP contribution in [0.2, 0.25) is 0 Å². The van der Waals surface area contributed by atoms with Gasteiger partial charge in [-0.2, -0.15) is 11.8 Å². The molecule has 0 spiro atoms. The Kier molecular flexibility index (Phi) is 9.60. The van der Waals surface area contributed by atoms with Gasteiger partial charge in [0, 0.05) is 18.7 Å². The Morgan fingerprint density at radius 2 is 2.13 bits per heavy atom. The van der Waals surface area contributed by atoms with Crippen molar-refractivity contribution in [1.29, 1.82) is 0 Å². The van der Waals surface area contributed by atoms with E-state index in [4.69, 9.17) is 4.74 Å². The Hall–Kier alpha value is -1.36. The summed E-state index contributed by atoms with van der Waals surface area (Å²) in [7, 11) is 1.71. The molecule has 0 radical (unpaired) electrons. The van der Waals surface area contributed by atoms with Crippen molar-refractivity contribution in [1.82, 2.24) is 10.6 Å². The lowest BCUT2D eigenvalue weighted by molar-refractivity contribution is 0.405. The van der Waals surface area contributed by atoms with Crippen LogP contribution < -0.4 is 15.4 Å². The van der Waals surface area contributed by atoms with Crippen molar-refractivity contribution in [2.45, 2.75) is 39.7 Å². The van der Waals surface area contributed by atoms with Gasteiger partial charge in [0.1, 0.15) is 5.75 Å². The van der Waals surface area contributed by atoms with E-state index < -0.39 is 0 Å². The fraction of sp³-hybridized carbons (Fsp3) is 0.611. The van der Waals surface area contributed by atoms with E-state index in [0.29, 0.717) is 0 Å². The van der Waals surface area contributed by atoms with Gasteiger partial charge >= 0.3 is 0 Å². The first kappa shape index (κ1) is 19.7. The molecule has 1 rings (SSSR count). The number of unbranched alkanes of at least 4 members (excludes halogenated alkanes) is 1. The van der Waals surface area contributed by atoms with Crippen molar-refractivity contribution >= 4 is 17.7 Å². The van der Waals surface area contributed by atoms with Crippen LogP contribution in [0.25, 0.3) is 0 Å². The molecule has 0 saturated heterocycles. The predicted molar refractivity (Wildman–Crippen MR) is 103 cm³/mol. The van der Waals surface area contributed by atoms with Gasteiger partial charge in [-0.15, -0.1) is 0 Å². The van der Waals surface area contributed by atoms with E-state index in [-0.39, 0.29) is 6.04 Å². The second-order valence-electron chi connectivity index (χ2n) is 5.57. The molecule has 5 heteroatoms. The highest BCUT2D eigenvalue weighted by atomic mass is 32.2. The van der Waals surface area contributed by atoms with Gasteiger partial charge in [-0.25, -0.2) is 0 Å². The average molecular weight is 338 g/mol. The minimum absolute atomic E-state index is 0.133. The van der Waals surface area contributed by atoms with Crippen LogP contribution in [-0.2, 0) is 0 Å². The molecule has 23 heavy (non-hydrogen) atoms. The molecule has 0 aliphatic heterocycles. The zero-order valence-corrected chi connectivity index (χ0v) is 15.9. The molecule has 0 aliphatic rings. The number of hydrogen-bond donors (Lipinski definition) is 2. The third-order valence-corrected chi connectivity index (χ3v) is 4.27. The molecule has 0 amide bonds. The first-order valence-electron chi connectivity index (χ1n) is 8.30. The fourth-order valence-electron chi connectivity index (χ4n) is 2.34. The quantitative estimate of drug-likeness (QED) is 0.409. The van der Waals surface area contributed by atoms with Crippen LogP contribution in [0.4, 0.5) is 0 Å². The lowest BCUT2D eigenvalue weighted by Crippen LogP contribution is -2.39. The summed E-state index contributed by atoms with van der Waals surface area (Å²) in [6.45, 7) is 8.03. The number of benzene rings is 1. The van der Waals surface area contributed by atoms with E-state index in [0.717, 1.165) is 36.8 Å². The van der Waals surface area contributed by atoms with E-state index >= 15 is 0 Å². The Bertz CT molecular complexity index is 491. The second-order valence-corrected chi connectivity index (χ2v) is 6.56. The maximum Gasteiger partial charge on any atom is 0.191 e. The van der Waals surface area contributed by atoms with Crippen LogP contribution in [0.1, 0.15) is 43.9 Å². The maximum atomic E-state index is 5.49. The van der Waals surface area contributed by atoms with Crippen LogP contribution in [0.3, 0.4) is 0 Å². The number of nitrogens with one attached hydrogen (secondary N) is 2. The monoisotopic (exact) mass is 337 g/mol. The van der Waals surface area contributed by atoms with Crippen molar-refractivity contribution in [3.05, 3.63) is 29.3 Å². The van der Waals surface area contributed by atoms with Crippen LogP contribution in [0, 0.1) is 6.92 Å². The van der Waals surface area contributed by atoms with Gasteiger partial charge in [0.2, 0.25) is 0 Å². The van der Waals surface area contributed by atoms with Crippen molar-refractivity contribution in [3.8, 4) is 5.75 Å². The summed E-state index contributed by atoms with van der Waals surface area (Å²) in [5, 5.41) is 6.80. The molecular formula is C18H31N3OS. The summed E-state index contributed by atoms with van der Waals surface area (Å²) in [6.07, 6.45) is 4.48. The minimum Gasteiger partial charge on any atom is -0.496 e. The van der Waals surface area contributed by atoms with Gasteiger partial charge in [-0.1, -0.05) is 17.7 Å². The second kappa shape index (κ2) is 11.2. The molecule has 4 nitrogen and oxygen atoms in total. The van der Waals surface area contributed by atoms with Crippen LogP contribution >= 0.6 is 11.8 Å². The van der Waals surface area contributed by atoms with E-state index in [1.54, 1.807) is 7.11 Å². The van der Waals surface area contributed by atoms with Gasteiger partial charge in [-0.3, -0.25) is 4.99 Å². The molecule has 0 aromatic heterocycles. The normalized spacial score (nSPS) is 12.8. The lowest BCUT2D eigenvalue weighted by Gasteiger charge is -2.20. The molecule has 1 aromatic rings. The van der Waals surface area contributed by atoms with E-state index in [1.807, 2.05) is 17.8 Å². The lowest BCUT2D eigenvalue weighted by atomic mass is 10.0. The highest BCUT2D eigenvalue weighted by Crippen LogP contribution is 2.25. The van der Waals surface area contributed by atoms with Crippen molar-refractivity contribution < 1.29 is 4.74 Å². The third-order valence-electron chi connectivity index (χ3n) is 3.58. The number of rotatable bonds is 9. The molecule has 1 aromatic carbocycles. The van der Waals surface area contributed by atoms with Crippen molar-refractivity contribution in [2.24, 2.45) is 4.99 Å². The van der Waals surface area contributed by atoms with Gasteiger partial charge in [0.15, 0.2) is 5.96 Å². The summed E-state index contributed by atoms with van der Waals surface area (Å²) >= 11 is 1.89. The Morgan fingerprint density at radius 3 is 2.78 bits per heavy atom. The Labute approximate surface area is 145 Å². The number of aryl methyl sites for hydroxylation is 1. The summed E-state index contributed by atoms with van der Waals surface area (Å²) < 4.78 is 5.49. The SMILES string of the molecule is CCNC(=NCCCCSC)NC(C)c1cc(C)ccc1OC. The zero-order valence-electron chi connectivity index (χ0n) is 15.1. The molecule has 1 unspecified atom stereocenters. The number of methoxy groups -OCH3 is 1. The van der Waals surface area contributed by atoms with E-state index in [1.165, 1.54) is 17.7 Å².